The van der Waals surface area contributed by atoms with Gasteiger partial charge in [-0.05, 0) is 37.3 Å². The molecule has 1 heterocycles. The first-order chi connectivity index (χ1) is 14.0. The molecule has 0 saturated carbocycles. The molecule has 0 aliphatic heterocycles. The molecule has 0 spiro atoms. The van der Waals surface area contributed by atoms with Crippen molar-refractivity contribution in [2.45, 2.75) is 24.8 Å². The summed E-state index contributed by atoms with van der Waals surface area (Å²) >= 11 is 1.41. The predicted octanol–water partition coefficient (Wildman–Crippen LogP) is 2.50. The lowest BCUT2D eigenvalue weighted by Gasteiger charge is -2.11. The molecule has 2 aromatic carbocycles. The Kier molecular flexibility index (Phi) is 6.61. The van der Waals surface area contributed by atoms with Gasteiger partial charge in [-0.15, -0.1) is 11.8 Å². The molecule has 7 nitrogen and oxygen atoms in total. The molecule has 0 saturated heterocycles. The van der Waals surface area contributed by atoms with Gasteiger partial charge in [-0.2, -0.15) is 5.10 Å². The third kappa shape index (κ3) is 5.00. The molecule has 0 unspecified atom stereocenters. The smallest absolute Gasteiger partial charge is 0.273 e. The molecule has 0 aliphatic carbocycles. The monoisotopic (exact) mass is 414 g/mol. The Bertz CT molecular complexity index is 1100. The van der Waals surface area contributed by atoms with E-state index in [1.807, 2.05) is 0 Å². The molecule has 3 aromatic rings. The van der Waals surface area contributed by atoms with E-state index in [9.17, 15) is 18.8 Å². The second kappa shape index (κ2) is 9.33. The average Bonchev–Trinajstić information content (AvgIpc) is 2.74. The number of thioether (sulfide) groups is 1. The van der Waals surface area contributed by atoms with Crippen LogP contribution in [0.25, 0.3) is 10.8 Å². The van der Waals surface area contributed by atoms with Gasteiger partial charge < -0.3 is 0 Å². The maximum Gasteiger partial charge on any atom is 0.290 e. The van der Waals surface area contributed by atoms with Crippen molar-refractivity contribution in [2.24, 2.45) is 0 Å². The normalized spacial score (nSPS) is 10.7. The molecule has 150 valence electrons. The fourth-order valence-corrected chi connectivity index (χ4v) is 3.51. The van der Waals surface area contributed by atoms with E-state index < -0.39 is 5.91 Å². The maximum absolute atomic E-state index is 12.9. The molecule has 0 aliphatic rings. The summed E-state index contributed by atoms with van der Waals surface area (Å²) in [5, 5.41) is 4.91. The average molecular weight is 414 g/mol. The van der Waals surface area contributed by atoms with Crippen LogP contribution in [-0.2, 0) is 11.3 Å². The van der Waals surface area contributed by atoms with Crippen molar-refractivity contribution in [3.8, 4) is 0 Å². The number of carbonyl (C=O) groups is 2. The van der Waals surface area contributed by atoms with Crippen LogP contribution in [0.5, 0.6) is 0 Å². The zero-order chi connectivity index (χ0) is 20.8. The van der Waals surface area contributed by atoms with Gasteiger partial charge in [0.25, 0.3) is 11.5 Å². The number of nitrogens with one attached hydrogen (secondary N) is 2. The van der Waals surface area contributed by atoms with Crippen LogP contribution in [0.3, 0.4) is 0 Å². The molecule has 0 radical (unpaired) electrons. The number of hydrogen-bond acceptors (Lipinski definition) is 5. The summed E-state index contributed by atoms with van der Waals surface area (Å²) in [7, 11) is 0. The zero-order valence-corrected chi connectivity index (χ0v) is 16.5. The number of nitrogens with zero attached hydrogens (tertiary/aromatic N) is 2. The van der Waals surface area contributed by atoms with Gasteiger partial charge in [-0.25, -0.2) is 9.07 Å². The number of fused-ring (bicyclic) bond motifs is 1. The van der Waals surface area contributed by atoms with Gasteiger partial charge in [0.2, 0.25) is 5.91 Å². The summed E-state index contributed by atoms with van der Waals surface area (Å²) in [5.41, 5.74) is 4.48. The van der Waals surface area contributed by atoms with Gasteiger partial charge in [0.05, 0.1) is 5.39 Å². The van der Waals surface area contributed by atoms with Gasteiger partial charge in [0.1, 0.15) is 5.82 Å². The van der Waals surface area contributed by atoms with E-state index in [0.29, 0.717) is 23.1 Å². The fraction of sp³-hybridized carbons (Fsp3) is 0.200. The molecular formula is C20H19FN4O3S. The number of hydrazine groups is 1. The van der Waals surface area contributed by atoms with Crippen LogP contribution in [0.4, 0.5) is 4.39 Å². The van der Waals surface area contributed by atoms with E-state index in [1.54, 1.807) is 43.3 Å². The van der Waals surface area contributed by atoms with Crippen LogP contribution in [0.2, 0.25) is 0 Å². The number of halogens is 1. The summed E-state index contributed by atoms with van der Waals surface area (Å²) in [5.74, 6) is -0.829. The van der Waals surface area contributed by atoms with Crippen molar-refractivity contribution < 1.29 is 14.0 Å². The summed E-state index contributed by atoms with van der Waals surface area (Å²) in [6, 6.07) is 12.7. The van der Waals surface area contributed by atoms with Crippen LogP contribution in [0.1, 0.15) is 23.8 Å². The molecule has 9 heteroatoms. The quantitative estimate of drug-likeness (QED) is 0.478. The summed E-state index contributed by atoms with van der Waals surface area (Å²) < 4.78 is 14.1. The number of benzene rings is 2. The summed E-state index contributed by atoms with van der Waals surface area (Å²) in [4.78, 5) is 37.7. The molecule has 29 heavy (non-hydrogen) atoms. The number of aryl methyl sites for hydroxylation is 1. The Morgan fingerprint density at radius 1 is 1.07 bits per heavy atom. The molecule has 0 bridgehead atoms. The van der Waals surface area contributed by atoms with Gasteiger partial charge in [0.15, 0.2) is 5.69 Å². The summed E-state index contributed by atoms with van der Waals surface area (Å²) in [6.45, 7) is 2.07. The predicted molar refractivity (Wildman–Crippen MR) is 109 cm³/mol. The molecule has 0 atom stereocenters. The van der Waals surface area contributed by atoms with Gasteiger partial charge in [-0.1, -0.05) is 18.2 Å². The zero-order valence-electron chi connectivity index (χ0n) is 15.6. The lowest BCUT2D eigenvalue weighted by molar-refractivity contribution is -0.121. The minimum absolute atomic E-state index is 0.0584. The van der Waals surface area contributed by atoms with Crippen molar-refractivity contribution in [2.75, 3.05) is 5.75 Å². The lowest BCUT2D eigenvalue weighted by atomic mass is 10.1. The third-order valence-corrected chi connectivity index (χ3v) is 5.12. The topological polar surface area (TPSA) is 93.1 Å². The highest BCUT2D eigenvalue weighted by Gasteiger charge is 2.16. The van der Waals surface area contributed by atoms with Crippen molar-refractivity contribution in [3.05, 3.63) is 70.4 Å². The van der Waals surface area contributed by atoms with Gasteiger partial charge >= 0.3 is 0 Å². The summed E-state index contributed by atoms with van der Waals surface area (Å²) in [6.07, 6.45) is 0.158. The first kappa shape index (κ1) is 20.5. The Balaban J connectivity index is 1.60. The molecular weight excluding hydrogens is 395 g/mol. The number of hydrogen-bond donors (Lipinski definition) is 2. The Labute approximate surface area is 170 Å². The van der Waals surface area contributed by atoms with Crippen LogP contribution >= 0.6 is 11.8 Å². The van der Waals surface area contributed by atoms with E-state index in [1.165, 1.54) is 28.6 Å². The number of rotatable bonds is 6. The molecule has 2 N–H and O–H groups in total. The highest BCUT2D eigenvalue weighted by atomic mass is 32.2. The molecule has 2 amide bonds. The van der Waals surface area contributed by atoms with Crippen LogP contribution < -0.4 is 16.4 Å². The SMILES string of the molecule is CCn1nc(C(=O)NNC(=O)CCSc2ccc(F)cc2)c2ccccc2c1=O. The second-order valence-corrected chi connectivity index (χ2v) is 7.24. The first-order valence-electron chi connectivity index (χ1n) is 8.97. The number of amides is 2. The molecule has 0 fully saturated rings. The minimum atomic E-state index is -0.608. The van der Waals surface area contributed by atoms with Crippen molar-refractivity contribution in [3.63, 3.8) is 0 Å². The van der Waals surface area contributed by atoms with Crippen molar-refractivity contribution >= 4 is 34.3 Å². The van der Waals surface area contributed by atoms with E-state index in [0.717, 1.165) is 4.90 Å². The Morgan fingerprint density at radius 2 is 1.76 bits per heavy atom. The second-order valence-electron chi connectivity index (χ2n) is 6.07. The van der Waals surface area contributed by atoms with Crippen LogP contribution in [0.15, 0.2) is 58.2 Å². The van der Waals surface area contributed by atoms with E-state index >= 15 is 0 Å². The van der Waals surface area contributed by atoms with Crippen LogP contribution in [-0.4, -0.2) is 27.3 Å². The highest BCUT2D eigenvalue weighted by molar-refractivity contribution is 7.99. The fourth-order valence-electron chi connectivity index (χ4n) is 2.66. The number of aromatic nitrogens is 2. The Morgan fingerprint density at radius 3 is 2.45 bits per heavy atom. The van der Waals surface area contributed by atoms with Crippen molar-refractivity contribution in [1.29, 1.82) is 0 Å². The van der Waals surface area contributed by atoms with Gasteiger partial charge in [0, 0.05) is 29.0 Å². The van der Waals surface area contributed by atoms with Gasteiger partial charge in [-0.3, -0.25) is 25.2 Å². The number of carbonyl (C=O) groups excluding carboxylic acids is 2. The van der Waals surface area contributed by atoms with Crippen LogP contribution in [0, 0.1) is 5.82 Å². The third-order valence-electron chi connectivity index (χ3n) is 4.11. The standard InChI is InChI=1S/C20H19FN4O3S/c1-2-25-20(28)16-6-4-3-5-15(16)18(24-25)19(27)23-22-17(26)11-12-29-14-9-7-13(21)8-10-14/h3-10H,2,11-12H2,1H3,(H,22,26)(H,23,27). The van der Waals surface area contributed by atoms with E-state index in [4.69, 9.17) is 0 Å². The highest BCUT2D eigenvalue weighted by Crippen LogP contribution is 2.18. The molecule has 3 rings (SSSR count). The Hall–Kier alpha value is -3.20. The first-order valence-corrected chi connectivity index (χ1v) is 9.95. The largest absolute Gasteiger partial charge is 0.290 e. The minimum Gasteiger partial charge on any atom is -0.273 e. The van der Waals surface area contributed by atoms with E-state index in [2.05, 4.69) is 16.0 Å². The van der Waals surface area contributed by atoms with Crippen molar-refractivity contribution in [1.82, 2.24) is 20.6 Å². The maximum atomic E-state index is 12.9. The molecule has 1 aromatic heterocycles. The van der Waals surface area contributed by atoms with E-state index in [-0.39, 0.29) is 29.4 Å². The lowest BCUT2D eigenvalue weighted by Crippen LogP contribution is -2.42.